The molecule has 1 aliphatic carbocycles. The third-order valence-corrected chi connectivity index (χ3v) is 3.77. The molecule has 0 bridgehead atoms. The predicted octanol–water partition coefficient (Wildman–Crippen LogP) is 2.55. The fraction of sp³-hybridized carbons (Fsp3) is 0.600. The summed E-state index contributed by atoms with van der Waals surface area (Å²) in [6, 6.07) is 8.71. The molecule has 0 radical (unpaired) electrons. The number of rotatable bonds is 5. The highest BCUT2D eigenvalue weighted by molar-refractivity contribution is 5.34. The number of ether oxygens (including phenoxy) is 1. The molecule has 2 N–H and O–H groups in total. The second-order valence-electron chi connectivity index (χ2n) is 5.50. The largest absolute Gasteiger partial charge is 0.379 e. The standard InChI is InChI=1S/C15H23NO/c1-12(2)17-8-7-15(11-16)9-13-5-3-4-6-14(13)10-15/h3-6,12H,7-11,16H2,1-2H3. The van der Waals surface area contributed by atoms with Crippen LogP contribution in [-0.4, -0.2) is 19.3 Å². The van der Waals surface area contributed by atoms with Crippen LogP contribution in [0.1, 0.15) is 31.4 Å². The predicted molar refractivity (Wildman–Crippen MR) is 71.0 cm³/mol. The first kappa shape index (κ1) is 12.6. The van der Waals surface area contributed by atoms with E-state index in [1.807, 2.05) is 0 Å². The maximum absolute atomic E-state index is 6.01. The maximum atomic E-state index is 6.01. The maximum Gasteiger partial charge on any atom is 0.0518 e. The van der Waals surface area contributed by atoms with Crippen molar-refractivity contribution in [2.45, 2.75) is 39.2 Å². The minimum Gasteiger partial charge on any atom is -0.379 e. The van der Waals surface area contributed by atoms with E-state index in [9.17, 15) is 0 Å². The first-order valence-electron chi connectivity index (χ1n) is 6.54. The Morgan fingerprint density at radius 1 is 1.24 bits per heavy atom. The van der Waals surface area contributed by atoms with Gasteiger partial charge < -0.3 is 10.5 Å². The van der Waals surface area contributed by atoms with Crippen LogP contribution in [0, 0.1) is 5.41 Å². The molecule has 0 spiro atoms. The molecule has 0 atom stereocenters. The van der Waals surface area contributed by atoms with Crippen LogP contribution in [0.4, 0.5) is 0 Å². The summed E-state index contributed by atoms with van der Waals surface area (Å²) in [7, 11) is 0. The van der Waals surface area contributed by atoms with Gasteiger partial charge in [-0.2, -0.15) is 0 Å². The van der Waals surface area contributed by atoms with E-state index in [2.05, 4.69) is 38.1 Å². The summed E-state index contributed by atoms with van der Waals surface area (Å²) in [5, 5.41) is 0. The van der Waals surface area contributed by atoms with Crippen LogP contribution in [0.3, 0.4) is 0 Å². The molecule has 0 unspecified atom stereocenters. The van der Waals surface area contributed by atoms with Gasteiger partial charge in [0.25, 0.3) is 0 Å². The number of nitrogens with two attached hydrogens (primary N) is 1. The summed E-state index contributed by atoms with van der Waals surface area (Å²) in [6.07, 6.45) is 3.60. The Kier molecular flexibility index (Phi) is 3.85. The van der Waals surface area contributed by atoms with Crippen molar-refractivity contribution in [3.05, 3.63) is 35.4 Å². The Morgan fingerprint density at radius 3 is 2.29 bits per heavy atom. The number of hydrogen-bond acceptors (Lipinski definition) is 2. The second kappa shape index (κ2) is 5.19. The molecule has 0 aliphatic heterocycles. The third kappa shape index (κ3) is 2.88. The second-order valence-corrected chi connectivity index (χ2v) is 5.50. The highest BCUT2D eigenvalue weighted by atomic mass is 16.5. The average molecular weight is 233 g/mol. The molecular formula is C15H23NO. The molecule has 0 heterocycles. The lowest BCUT2D eigenvalue weighted by molar-refractivity contribution is 0.0540. The van der Waals surface area contributed by atoms with Gasteiger partial charge in [0.05, 0.1) is 6.10 Å². The highest BCUT2D eigenvalue weighted by Crippen LogP contribution is 2.38. The van der Waals surface area contributed by atoms with Crippen molar-refractivity contribution in [3.8, 4) is 0 Å². The van der Waals surface area contributed by atoms with E-state index in [1.54, 1.807) is 0 Å². The first-order chi connectivity index (χ1) is 8.15. The van der Waals surface area contributed by atoms with Crippen molar-refractivity contribution in [2.75, 3.05) is 13.2 Å². The van der Waals surface area contributed by atoms with Gasteiger partial charge in [-0.1, -0.05) is 24.3 Å². The summed E-state index contributed by atoms with van der Waals surface area (Å²) in [4.78, 5) is 0. The fourth-order valence-corrected chi connectivity index (χ4v) is 2.71. The number of benzene rings is 1. The SMILES string of the molecule is CC(C)OCCC1(CN)Cc2ccccc2C1. The number of hydrogen-bond donors (Lipinski definition) is 1. The van der Waals surface area contributed by atoms with E-state index < -0.39 is 0 Å². The quantitative estimate of drug-likeness (QED) is 0.848. The zero-order valence-corrected chi connectivity index (χ0v) is 10.9. The lowest BCUT2D eigenvalue weighted by atomic mass is 9.82. The molecule has 2 heteroatoms. The van der Waals surface area contributed by atoms with Gasteiger partial charge in [-0.25, -0.2) is 0 Å². The van der Waals surface area contributed by atoms with Crippen molar-refractivity contribution in [1.29, 1.82) is 0 Å². The van der Waals surface area contributed by atoms with Crippen LogP contribution in [0.15, 0.2) is 24.3 Å². The van der Waals surface area contributed by atoms with Gasteiger partial charge in [0.15, 0.2) is 0 Å². The van der Waals surface area contributed by atoms with E-state index in [0.717, 1.165) is 32.4 Å². The summed E-state index contributed by atoms with van der Waals surface area (Å²) in [5.74, 6) is 0. The van der Waals surface area contributed by atoms with E-state index >= 15 is 0 Å². The van der Waals surface area contributed by atoms with Gasteiger partial charge in [-0.15, -0.1) is 0 Å². The Labute approximate surface area is 104 Å². The minimum absolute atomic E-state index is 0.235. The van der Waals surface area contributed by atoms with Crippen LogP contribution >= 0.6 is 0 Å². The Bertz CT molecular complexity index is 348. The summed E-state index contributed by atoms with van der Waals surface area (Å²) in [6.45, 7) is 5.74. The molecule has 1 aromatic rings. The molecule has 0 aromatic heterocycles. The molecule has 94 valence electrons. The van der Waals surface area contributed by atoms with Gasteiger partial charge >= 0.3 is 0 Å². The van der Waals surface area contributed by atoms with Crippen LogP contribution in [-0.2, 0) is 17.6 Å². The topological polar surface area (TPSA) is 35.2 Å². The third-order valence-electron chi connectivity index (χ3n) is 3.77. The summed E-state index contributed by atoms with van der Waals surface area (Å²) in [5.41, 5.74) is 9.19. The molecule has 0 saturated carbocycles. The summed E-state index contributed by atoms with van der Waals surface area (Å²) < 4.78 is 5.67. The molecule has 0 saturated heterocycles. The normalized spacial score (nSPS) is 17.4. The molecule has 0 amide bonds. The van der Waals surface area contributed by atoms with Crippen molar-refractivity contribution in [3.63, 3.8) is 0 Å². The molecule has 1 aromatic carbocycles. The van der Waals surface area contributed by atoms with E-state index in [0.29, 0.717) is 6.10 Å². The summed E-state index contributed by atoms with van der Waals surface area (Å²) >= 11 is 0. The van der Waals surface area contributed by atoms with Crippen LogP contribution in [0.25, 0.3) is 0 Å². The zero-order valence-electron chi connectivity index (χ0n) is 10.9. The molecule has 2 nitrogen and oxygen atoms in total. The zero-order chi connectivity index (χ0) is 12.3. The Balaban J connectivity index is 1.99. The lowest BCUT2D eigenvalue weighted by Crippen LogP contribution is -2.33. The van der Waals surface area contributed by atoms with Crippen molar-refractivity contribution in [2.24, 2.45) is 11.1 Å². The van der Waals surface area contributed by atoms with E-state index in [1.165, 1.54) is 11.1 Å². The highest BCUT2D eigenvalue weighted by Gasteiger charge is 2.35. The van der Waals surface area contributed by atoms with Gasteiger partial charge in [0.1, 0.15) is 0 Å². The smallest absolute Gasteiger partial charge is 0.0518 e. The molecule has 17 heavy (non-hydrogen) atoms. The Hall–Kier alpha value is -0.860. The lowest BCUT2D eigenvalue weighted by Gasteiger charge is -2.27. The average Bonchev–Trinajstić information content (AvgIpc) is 2.67. The van der Waals surface area contributed by atoms with Gasteiger partial charge in [0.2, 0.25) is 0 Å². The monoisotopic (exact) mass is 233 g/mol. The van der Waals surface area contributed by atoms with Crippen molar-refractivity contribution >= 4 is 0 Å². The van der Waals surface area contributed by atoms with E-state index in [-0.39, 0.29) is 5.41 Å². The molecule has 2 rings (SSSR count). The number of fused-ring (bicyclic) bond motifs is 1. The van der Waals surface area contributed by atoms with Crippen molar-refractivity contribution in [1.82, 2.24) is 0 Å². The fourth-order valence-electron chi connectivity index (χ4n) is 2.71. The van der Waals surface area contributed by atoms with Gasteiger partial charge in [0, 0.05) is 6.61 Å². The van der Waals surface area contributed by atoms with Crippen LogP contribution in [0.2, 0.25) is 0 Å². The first-order valence-corrected chi connectivity index (χ1v) is 6.54. The van der Waals surface area contributed by atoms with Gasteiger partial charge in [-0.05, 0) is 56.2 Å². The van der Waals surface area contributed by atoms with Crippen LogP contribution in [0.5, 0.6) is 0 Å². The Morgan fingerprint density at radius 2 is 1.82 bits per heavy atom. The van der Waals surface area contributed by atoms with Gasteiger partial charge in [-0.3, -0.25) is 0 Å². The minimum atomic E-state index is 0.235. The molecule has 0 fully saturated rings. The molecular weight excluding hydrogens is 210 g/mol. The van der Waals surface area contributed by atoms with Crippen LogP contribution < -0.4 is 5.73 Å². The molecule has 1 aliphatic rings. The van der Waals surface area contributed by atoms with Crippen molar-refractivity contribution < 1.29 is 4.74 Å². The van der Waals surface area contributed by atoms with E-state index in [4.69, 9.17) is 10.5 Å².